The first-order valence-corrected chi connectivity index (χ1v) is 6.82. The number of halogens is 1. The standard InChI is InChI=1S/C14H20ClNO2/c1-11-8-12(15)4-5-14(11)18-10-13(17)9-16-6-2-3-7-16/h4-5,8,13,17H,2-3,6-7,9-10H2,1H3/t13-/m0/s1. The van der Waals surface area contributed by atoms with Crippen molar-refractivity contribution in [2.75, 3.05) is 26.2 Å². The molecule has 0 bridgehead atoms. The lowest BCUT2D eigenvalue weighted by Crippen LogP contribution is -2.33. The normalized spacial score (nSPS) is 17.9. The van der Waals surface area contributed by atoms with Crippen molar-refractivity contribution in [3.63, 3.8) is 0 Å². The summed E-state index contributed by atoms with van der Waals surface area (Å²) in [6.07, 6.45) is 2.05. The molecule has 1 aromatic carbocycles. The maximum absolute atomic E-state index is 9.92. The van der Waals surface area contributed by atoms with Crippen LogP contribution >= 0.6 is 11.6 Å². The fourth-order valence-electron chi connectivity index (χ4n) is 2.28. The van der Waals surface area contributed by atoms with Gasteiger partial charge in [-0.1, -0.05) is 11.6 Å². The van der Waals surface area contributed by atoms with Gasteiger partial charge in [0.1, 0.15) is 18.5 Å². The minimum Gasteiger partial charge on any atom is -0.491 e. The number of benzene rings is 1. The van der Waals surface area contributed by atoms with Crippen LogP contribution in [0.25, 0.3) is 0 Å². The van der Waals surface area contributed by atoms with Gasteiger partial charge in [0.25, 0.3) is 0 Å². The summed E-state index contributed by atoms with van der Waals surface area (Å²) in [6.45, 7) is 5.17. The van der Waals surface area contributed by atoms with Crippen LogP contribution in [0, 0.1) is 6.92 Å². The number of rotatable bonds is 5. The number of nitrogens with zero attached hydrogens (tertiary/aromatic N) is 1. The number of aliphatic hydroxyl groups is 1. The van der Waals surface area contributed by atoms with Crippen LogP contribution in [0.3, 0.4) is 0 Å². The molecule has 0 spiro atoms. The van der Waals surface area contributed by atoms with Crippen LogP contribution < -0.4 is 4.74 Å². The summed E-state index contributed by atoms with van der Waals surface area (Å²) >= 11 is 5.88. The van der Waals surface area contributed by atoms with E-state index in [0.717, 1.165) is 24.4 Å². The Bertz CT molecular complexity index is 391. The molecule has 0 aliphatic carbocycles. The Morgan fingerprint density at radius 3 is 2.78 bits per heavy atom. The van der Waals surface area contributed by atoms with Crippen molar-refractivity contribution in [1.82, 2.24) is 4.90 Å². The Kier molecular flexibility index (Phi) is 4.87. The molecule has 18 heavy (non-hydrogen) atoms. The minimum atomic E-state index is -0.432. The summed E-state index contributed by atoms with van der Waals surface area (Å²) < 4.78 is 5.63. The van der Waals surface area contributed by atoms with Crippen molar-refractivity contribution in [3.05, 3.63) is 28.8 Å². The third kappa shape index (κ3) is 3.87. The molecule has 1 atom stereocenters. The van der Waals surface area contributed by atoms with Gasteiger partial charge in [-0.05, 0) is 56.6 Å². The highest BCUT2D eigenvalue weighted by atomic mass is 35.5. The highest BCUT2D eigenvalue weighted by Crippen LogP contribution is 2.22. The number of likely N-dealkylation sites (tertiary alicyclic amines) is 1. The number of aliphatic hydroxyl groups excluding tert-OH is 1. The fraction of sp³-hybridized carbons (Fsp3) is 0.571. The van der Waals surface area contributed by atoms with E-state index < -0.39 is 6.10 Å². The van der Waals surface area contributed by atoms with Crippen LogP contribution in [-0.2, 0) is 0 Å². The zero-order valence-corrected chi connectivity index (χ0v) is 11.5. The van der Waals surface area contributed by atoms with Gasteiger partial charge in [-0.25, -0.2) is 0 Å². The average molecular weight is 270 g/mol. The molecular formula is C14H20ClNO2. The van der Waals surface area contributed by atoms with E-state index in [4.69, 9.17) is 16.3 Å². The maximum atomic E-state index is 9.92. The van der Waals surface area contributed by atoms with Gasteiger partial charge in [-0.2, -0.15) is 0 Å². The SMILES string of the molecule is Cc1cc(Cl)ccc1OC[C@@H](O)CN1CCCC1. The van der Waals surface area contributed by atoms with Crippen molar-refractivity contribution < 1.29 is 9.84 Å². The number of β-amino-alcohol motifs (C(OH)–C–C–N with tert-alkyl or cyclic N) is 1. The van der Waals surface area contributed by atoms with Gasteiger partial charge in [0.05, 0.1) is 0 Å². The van der Waals surface area contributed by atoms with Crippen molar-refractivity contribution in [3.8, 4) is 5.75 Å². The highest BCUT2D eigenvalue weighted by Gasteiger charge is 2.16. The molecule has 1 aromatic rings. The van der Waals surface area contributed by atoms with Crippen LogP contribution in [0.15, 0.2) is 18.2 Å². The Labute approximate surface area is 113 Å². The van der Waals surface area contributed by atoms with E-state index in [9.17, 15) is 5.11 Å². The van der Waals surface area contributed by atoms with Crippen LogP contribution in [0.2, 0.25) is 5.02 Å². The maximum Gasteiger partial charge on any atom is 0.122 e. The zero-order chi connectivity index (χ0) is 13.0. The second kappa shape index (κ2) is 6.41. The van der Waals surface area contributed by atoms with Gasteiger partial charge in [-0.3, -0.25) is 0 Å². The lowest BCUT2D eigenvalue weighted by molar-refractivity contribution is 0.0756. The van der Waals surface area contributed by atoms with Gasteiger partial charge in [-0.15, -0.1) is 0 Å². The molecule has 100 valence electrons. The monoisotopic (exact) mass is 269 g/mol. The third-order valence-electron chi connectivity index (χ3n) is 3.24. The second-order valence-electron chi connectivity index (χ2n) is 4.88. The molecule has 3 nitrogen and oxygen atoms in total. The van der Waals surface area contributed by atoms with Gasteiger partial charge >= 0.3 is 0 Å². The first-order valence-electron chi connectivity index (χ1n) is 6.44. The first-order chi connectivity index (χ1) is 8.65. The van der Waals surface area contributed by atoms with Gasteiger partial charge in [0.15, 0.2) is 0 Å². The van der Waals surface area contributed by atoms with Crippen LogP contribution in [-0.4, -0.2) is 42.4 Å². The number of hydrogen-bond donors (Lipinski definition) is 1. The van der Waals surface area contributed by atoms with E-state index in [1.807, 2.05) is 19.1 Å². The Hall–Kier alpha value is -0.770. The van der Waals surface area contributed by atoms with E-state index >= 15 is 0 Å². The fourth-order valence-corrected chi connectivity index (χ4v) is 2.50. The Balaban J connectivity index is 1.79. The molecule has 0 radical (unpaired) electrons. The van der Waals surface area contributed by atoms with Gasteiger partial charge in [0, 0.05) is 11.6 Å². The lowest BCUT2D eigenvalue weighted by atomic mass is 10.2. The molecular weight excluding hydrogens is 250 g/mol. The lowest BCUT2D eigenvalue weighted by Gasteiger charge is -2.20. The summed E-state index contributed by atoms with van der Waals surface area (Å²) in [6, 6.07) is 5.51. The highest BCUT2D eigenvalue weighted by molar-refractivity contribution is 6.30. The average Bonchev–Trinajstić information content (AvgIpc) is 2.80. The molecule has 1 heterocycles. The number of aryl methyl sites for hydroxylation is 1. The summed E-state index contributed by atoms with van der Waals surface area (Å²) in [4.78, 5) is 2.28. The van der Waals surface area contributed by atoms with E-state index in [1.165, 1.54) is 12.8 Å². The van der Waals surface area contributed by atoms with Crippen molar-refractivity contribution in [2.45, 2.75) is 25.9 Å². The van der Waals surface area contributed by atoms with Crippen LogP contribution in [0.4, 0.5) is 0 Å². The molecule has 0 amide bonds. The topological polar surface area (TPSA) is 32.7 Å². The minimum absolute atomic E-state index is 0.332. The smallest absolute Gasteiger partial charge is 0.122 e. The predicted molar refractivity (Wildman–Crippen MR) is 73.4 cm³/mol. The zero-order valence-electron chi connectivity index (χ0n) is 10.7. The number of hydrogen-bond acceptors (Lipinski definition) is 3. The van der Waals surface area contributed by atoms with Crippen LogP contribution in [0.1, 0.15) is 18.4 Å². The largest absolute Gasteiger partial charge is 0.491 e. The number of ether oxygens (including phenoxy) is 1. The van der Waals surface area contributed by atoms with E-state index in [2.05, 4.69) is 4.90 Å². The third-order valence-corrected chi connectivity index (χ3v) is 3.47. The summed E-state index contributed by atoms with van der Waals surface area (Å²) in [7, 11) is 0. The molecule has 1 aliphatic heterocycles. The molecule has 0 unspecified atom stereocenters. The Morgan fingerprint density at radius 1 is 1.39 bits per heavy atom. The van der Waals surface area contributed by atoms with E-state index in [1.54, 1.807) is 6.07 Å². The molecule has 4 heteroatoms. The molecule has 2 rings (SSSR count). The van der Waals surface area contributed by atoms with E-state index in [0.29, 0.717) is 18.2 Å². The van der Waals surface area contributed by atoms with Crippen molar-refractivity contribution >= 4 is 11.6 Å². The molecule has 1 saturated heterocycles. The Morgan fingerprint density at radius 2 is 2.11 bits per heavy atom. The summed E-state index contributed by atoms with van der Waals surface area (Å²) in [5.41, 5.74) is 0.996. The molecule has 0 aromatic heterocycles. The summed E-state index contributed by atoms with van der Waals surface area (Å²) in [5.74, 6) is 0.792. The molecule has 1 fully saturated rings. The predicted octanol–water partition coefficient (Wildman–Crippen LogP) is 2.48. The molecule has 0 saturated carbocycles. The quantitative estimate of drug-likeness (QED) is 0.891. The summed E-state index contributed by atoms with van der Waals surface area (Å²) in [5, 5.41) is 10.6. The van der Waals surface area contributed by atoms with Crippen molar-refractivity contribution in [2.24, 2.45) is 0 Å². The van der Waals surface area contributed by atoms with Gasteiger partial charge in [0.2, 0.25) is 0 Å². The van der Waals surface area contributed by atoms with E-state index in [-0.39, 0.29) is 0 Å². The molecule has 1 N–H and O–H groups in total. The van der Waals surface area contributed by atoms with Crippen LogP contribution in [0.5, 0.6) is 5.75 Å². The van der Waals surface area contributed by atoms with Gasteiger partial charge < -0.3 is 14.7 Å². The second-order valence-corrected chi connectivity index (χ2v) is 5.32. The molecule has 1 aliphatic rings. The van der Waals surface area contributed by atoms with Crippen molar-refractivity contribution in [1.29, 1.82) is 0 Å². The first kappa shape index (κ1) is 13.7.